The molecule has 0 radical (unpaired) electrons. The monoisotopic (exact) mass is 297 g/mol. The lowest BCUT2D eigenvalue weighted by molar-refractivity contribution is -0.120. The fourth-order valence-corrected chi connectivity index (χ4v) is 2.67. The number of nitrogens with one attached hydrogen (secondary N) is 1. The van der Waals surface area contributed by atoms with Gasteiger partial charge in [0.1, 0.15) is 5.82 Å². The second kappa shape index (κ2) is 7.09. The van der Waals surface area contributed by atoms with Gasteiger partial charge in [-0.25, -0.2) is 4.79 Å². The number of urea groups is 1. The Balaban J connectivity index is 2.93. The zero-order valence-electron chi connectivity index (χ0n) is 11.8. The Morgan fingerprint density at radius 1 is 1.50 bits per heavy atom. The highest BCUT2D eigenvalue weighted by Crippen LogP contribution is 2.27. The van der Waals surface area contributed by atoms with Crippen LogP contribution >= 0.6 is 11.8 Å². The molecule has 1 aromatic rings. The summed E-state index contributed by atoms with van der Waals surface area (Å²) in [5.41, 5.74) is 4.98. The van der Waals surface area contributed by atoms with E-state index in [9.17, 15) is 9.59 Å². The van der Waals surface area contributed by atoms with E-state index in [1.54, 1.807) is 6.08 Å². The van der Waals surface area contributed by atoms with E-state index in [-0.39, 0.29) is 5.92 Å². The molecule has 1 atom stereocenters. The first-order valence-electron chi connectivity index (χ1n) is 6.14. The van der Waals surface area contributed by atoms with Gasteiger partial charge in [-0.05, 0) is 12.8 Å². The van der Waals surface area contributed by atoms with Crippen molar-refractivity contribution in [2.45, 2.75) is 37.7 Å². The van der Waals surface area contributed by atoms with Crippen molar-refractivity contribution >= 4 is 23.7 Å². The van der Waals surface area contributed by atoms with E-state index in [1.807, 2.05) is 25.3 Å². The van der Waals surface area contributed by atoms with E-state index in [0.29, 0.717) is 11.7 Å². The summed E-state index contributed by atoms with van der Waals surface area (Å²) in [5, 5.41) is 10.3. The lowest BCUT2D eigenvalue weighted by Gasteiger charge is -2.18. The van der Waals surface area contributed by atoms with E-state index in [1.165, 1.54) is 11.8 Å². The zero-order chi connectivity index (χ0) is 15.3. The number of aryl methyl sites for hydroxylation is 1. The Morgan fingerprint density at radius 2 is 2.15 bits per heavy atom. The van der Waals surface area contributed by atoms with Crippen molar-refractivity contribution in [1.29, 1.82) is 0 Å². The third-order valence-electron chi connectivity index (χ3n) is 2.56. The first kappa shape index (κ1) is 16.2. The number of amides is 3. The molecule has 0 fully saturated rings. The van der Waals surface area contributed by atoms with Crippen LogP contribution in [0, 0.1) is 12.8 Å². The standard InChI is InChI=1S/C12H19N5O2S/c1-5-6-17-8(4)15-16-12(17)20-9(7(2)3)10(18)14-11(13)19/h5,7,9H,1,6H2,2-4H3,(H3,13,14,18,19). The minimum absolute atomic E-state index is 0.00790. The lowest BCUT2D eigenvalue weighted by Crippen LogP contribution is -2.42. The van der Waals surface area contributed by atoms with Gasteiger partial charge in [-0.3, -0.25) is 10.1 Å². The molecule has 0 bridgehead atoms. The smallest absolute Gasteiger partial charge is 0.318 e. The van der Waals surface area contributed by atoms with E-state index < -0.39 is 17.2 Å². The third kappa shape index (κ3) is 4.09. The maximum Gasteiger partial charge on any atom is 0.318 e. The molecule has 8 heteroatoms. The third-order valence-corrected chi connectivity index (χ3v) is 4.08. The van der Waals surface area contributed by atoms with Gasteiger partial charge in [0.2, 0.25) is 5.91 Å². The fraction of sp³-hybridized carbons (Fsp3) is 0.500. The number of aromatic nitrogens is 3. The van der Waals surface area contributed by atoms with Crippen LogP contribution in [0.5, 0.6) is 0 Å². The average molecular weight is 297 g/mol. The number of carbonyl (C=O) groups excluding carboxylic acids is 2. The van der Waals surface area contributed by atoms with E-state index in [2.05, 4.69) is 22.1 Å². The minimum Gasteiger partial charge on any atom is -0.351 e. The summed E-state index contributed by atoms with van der Waals surface area (Å²) in [5.74, 6) is 0.321. The summed E-state index contributed by atoms with van der Waals surface area (Å²) >= 11 is 1.26. The molecule has 1 unspecified atom stereocenters. The normalized spacial score (nSPS) is 12.2. The number of hydrogen-bond donors (Lipinski definition) is 2. The SMILES string of the molecule is C=CCn1c(C)nnc1SC(C(=O)NC(N)=O)C(C)C. The number of rotatable bonds is 6. The van der Waals surface area contributed by atoms with Crippen LogP contribution in [0.2, 0.25) is 0 Å². The Bertz CT molecular complexity index is 512. The fourth-order valence-electron chi connectivity index (χ4n) is 1.59. The molecule has 0 aliphatic carbocycles. The highest BCUT2D eigenvalue weighted by atomic mass is 32.2. The molecular weight excluding hydrogens is 278 g/mol. The van der Waals surface area contributed by atoms with Gasteiger partial charge in [0.05, 0.1) is 5.25 Å². The molecule has 1 rings (SSSR count). The van der Waals surface area contributed by atoms with Crippen molar-refractivity contribution in [2.75, 3.05) is 0 Å². The topological polar surface area (TPSA) is 103 Å². The Labute approximate surface area is 122 Å². The molecular formula is C12H19N5O2S. The number of primary amides is 1. The zero-order valence-corrected chi connectivity index (χ0v) is 12.6. The molecule has 0 aliphatic rings. The Hall–Kier alpha value is -1.83. The van der Waals surface area contributed by atoms with Crippen molar-refractivity contribution in [3.8, 4) is 0 Å². The summed E-state index contributed by atoms with van der Waals surface area (Å²) in [6, 6.07) is -0.856. The van der Waals surface area contributed by atoms with Crippen LogP contribution in [0.15, 0.2) is 17.8 Å². The van der Waals surface area contributed by atoms with Crippen molar-refractivity contribution < 1.29 is 9.59 Å². The van der Waals surface area contributed by atoms with Gasteiger partial charge in [0.15, 0.2) is 5.16 Å². The number of allylic oxidation sites excluding steroid dienone is 1. The quantitative estimate of drug-likeness (QED) is 0.604. The lowest BCUT2D eigenvalue weighted by atomic mass is 10.1. The number of imide groups is 1. The van der Waals surface area contributed by atoms with E-state index in [0.717, 1.165) is 5.82 Å². The highest BCUT2D eigenvalue weighted by molar-refractivity contribution is 8.00. The first-order valence-corrected chi connectivity index (χ1v) is 7.02. The van der Waals surface area contributed by atoms with Crippen molar-refractivity contribution in [3.63, 3.8) is 0 Å². The Morgan fingerprint density at radius 3 is 2.65 bits per heavy atom. The van der Waals surface area contributed by atoms with Crippen LogP contribution in [0.3, 0.4) is 0 Å². The summed E-state index contributed by atoms with van der Waals surface area (Å²) in [7, 11) is 0. The molecule has 110 valence electrons. The summed E-state index contributed by atoms with van der Waals surface area (Å²) in [6.45, 7) is 9.84. The molecule has 1 aromatic heterocycles. The summed E-state index contributed by atoms with van der Waals surface area (Å²) in [6.07, 6.45) is 1.73. The largest absolute Gasteiger partial charge is 0.351 e. The molecule has 0 saturated heterocycles. The molecule has 7 nitrogen and oxygen atoms in total. The molecule has 0 aromatic carbocycles. The van der Waals surface area contributed by atoms with Gasteiger partial charge in [0.25, 0.3) is 0 Å². The number of nitrogens with two attached hydrogens (primary N) is 1. The van der Waals surface area contributed by atoms with Crippen molar-refractivity contribution in [1.82, 2.24) is 20.1 Å². The molecule has 20 heavy (non-hydrogen) atoms. The molecule has 3 N–H and O–H groups in total. The van der Waals surface area contributed by atoms with Crippen LogP contribution in [0.25, 0.3) is 0 Å². The molecule has 0 saturated carbocycles. The summed E-state index contributed by atoms with van der Waals surface area (Å²) < 4.78 is 1.85. The number of carbonyl (C=O) groups is 2. The van der Waals surface area contributed by atoms with Gasteiger partial charge in [-0.15, -0.1) is 16.8 Å². The van der Waals surface area contributed by atoms with E-state index >= 15 is 0 Å². The number of hydrogen-bond acceptors (Lipinski definition) is 5. The van der Waals surface area contributed by atoms with Gasteiger partial charge in [-0.1, -0.05) is 31.7 Å². The maximum absolute atomic E-state index is 12.0. The van der Waals surface area contributed by atoms with E-state index in [4.69, 9.17) is 5.73 Å². The highest BCUT2D eigenvalue weighted by Gasteiger charge is 2.27. The van der Waals surface area contributed by atoms with Gasteiger partial charge in [0, 0.05) is 6.54 Å². The van der Waals surface area contributed by atoms with Crippen LogP contribution < -0.4 is 11.1 Å². The number of nitrogens with zero attached hydrogens (tertiary/aromatic N) is 3. The van der Waals surface area contributed by atoms with Crippen molar-refractivity contribution in [3.05, 3.63) is 18.5 Å². The first-order chi connectivity index (χ1) is 9.36. The van der Waals surface area contributed by atoms with Crippen LogP contribution in [0.4, 0.5) is 4.79 Å². The summed E-state index contributed by atoms with van der Waals surface area (Å²) in [4.78, 5) is 22.8. The second-order valence-corrected chi connectivity index (χ2v) is 5.67. The van der Waals surface area contributed by atoms with Crippen molar-refractivity contribution in [2.24, 2.45) is 11.7 Å². The van der Waals surface area contributed by atoms with Crippen LogP contribution in [-0.4, -0.2) is 32.0 Å². The van der Waals surface area contributed by atoms with Gasteiger partial charge < -0.3 is 10.3 Å². The molecule has 1 heterocycles. The van der Waals surface area contributed by atoms with Gasteiger partial charge >= 0.3 is 6.03 Å². The molecule has 0 spiro atoms. The predicted octanol–water partition coefficient (Wildman–Crippen LogP) is 1.08. The molecule has 0 aliphatic heterocycles. The van der Waals surface area contributed by atoms with Crippen LogP contribution in [0.1, 0.15) is 19.7 Å². The number of thioether (sulfide) groups is 1. The second-order valence-electron chi connectivity index (χ2n) is 4.57. The predicted molar refractivity (Wildman–Crippen MR) is 77.2 cm³/mol. The minimum atomic E-state index is -0.856. The molecule has 3 amide bonds. The Kier molecular flexibility index (Phi) is 5.75. The van der Waals surface area contributed by atoms with Crippen LogP contribution in [-0.2, 0) is 11.3 Å². The van der Waals surface area contributed by atoms with Gasteiger partial charge in [-0.2, -0.15) is 0 Å². The maximum atomic E-state index is 12.0. The average Bonchev–Trinajstić information content (AvgIpc) is 2.67.